The van der Waals surface area contributed by atoms with E-state index in [9.17, 15) is 0 Å². The molecular formula is C13H18N4. The van der Waals surface area contributed by atoms with Crippen LogP contribution in [-0.2, 0) is 19.5 Å². The van der Waals surface area contributed by atoms with E-state index in [1.807, 2.05) is 19.3 Å². The summed E-state index contributed by atoms with van der Waals surface area (Å²) < 4.78 is 2.38. The van der Waals surface area contributed by atoms with Crippen LogP contribution in [0.1, 0.15) is 24.2 Å². The molecule has 4 nitrogen and oxygen atoms in total. The lowest BCUT2D eigenvalue weighted by molar-refractivity contribution is 0.531. The zero-order valence-electron chi connectivity index (χ0n) is 10.2. The van der Waals surface area contributed by atoms with Gasteiger partial charge in [0.05, 0.1) is 11.4 Å². The molecule has 0 atom stereocenters. The summed E-state index contributed by atoms with van der Waals surface area (Å²) >= 11 is 0. The summed E-state index contributed by atoms with van der Waals surface area (Å²) in [6, 6.07) is 4.12. The first-order valence-electron chi connectivity index (χ1n) is 6.27. The van der Waals surface area contributed by atoms with Gasteiger partial charge in [0, 0.05) is 25.0 Å². The van der Waals surface area contributed by atoms with Crippen molar-refractivity contribution in [2.75, 3.05) is 7.05 Å². The van der Waals surface area contributed by atoms with E-state index < -0.39 is 0 Å². The SMILES string of the molecule is CNCc1nc(-c2ccc[nH]2)n2c1CCCC2. The predicted octanol–water partition coefficient (Wildman–Crippen LogP) is 1.93. The van der Waals surface area contributed by atoms with Crippen molar-refractivity contribution in [3.8, 4) is 11.5 Å². The van der Waals surface area contributed by atoms with E-state index in [0.29, 0.717) is 0 Å². The van der Waals surface area contributed by atoms with E-state index in [4.69, 9.17) is 4.98 Å². The molecule has 2 aromatic rings. The highest BCUT2D eigenvalue weighted by Gasteiger charge is 2.20. The van der Waals surface area contributed by atoms with Gasteiger partial charge >= 0.3 is 0 Å². The molecule has 0 aromatic carbocycles. The first-order chi connectivity index (χ1) is 8.40. The van der Waals surface area contributed by atoms with Crippen LogP contribution in [0.5, 0.6) is 0 Å². The third-order valence-electron chi connectivity index (χ3n) is 3.38. The van der Waals surface area contributed by atoms with E-state index in [0.717, 1.165) is 31.0 Å². The predicted molar refractivity (Wildman–Crippen MR) is 67.7 cm³/mol. The smallest absolute Gasteiger partial charge is 0.157 e. The molecule has 0 spiro atoms. The van der Waals surface area contributed by atoms with Gasteiger partial charge in [-0.1, -0.05) is 0 Å². The van der Waals surface area contributed by atoms with Crippen molar-refractivity contribution in [3.05, 3.63) is 29.7 Å². The third-order valence-corrected chi connectivity index (χ3v) is 3.38. The zero-order chi connectivity index (χ0) is 11.7. The monoisotopic (exact) mass is 230 g/mol. The molecule has 1 aliphatic heterocycles. The summed E-state index contributed by atoms with van der Waals surface area (Å²) in [5, 5.41) is 3.21. The number of hydrogen-bond acceptors (Lipinski definition) is 2. The summed E-state index contributed by atoms with van der Waals surface area (Å²) in [6.45, 7) is 1.95. The van der Waals surface area contributed by atoms with Gasteiger partial charge in [-0.05, 0) is 38.4 Å². The van der Waals surface area contributed by atoms with Gasteiger partial charge < -0.3 is 14.9 Å². The van der Waals surface area contributed by atoms with Crippen LogP contribution in [0.15, 0.2) is 18.3 Å². The van der Waals surface area contributed by atoms with Crippen LogP contribution in [0.4, 0.5) is 0 Å². The van der Waals surface area contributed by atoms with E-state index in [1.165, 1.54) is 24.2 Å². The Bertz CT molecular complexity index is 496. The Hall–Kier alpha value is -1.55. The number of nitrogens with zero attached hydrogens (tertiary/aromatic N) is 2. The summed E-state index contributed by atoms with van der Waals surface area (Å²) in [6.07, 6.45) is 5.66. The van der Waals surface area contributed by atoms with Crippen molar-refractivity contribution in [2.24, 2.45) is 0 Å². The molecule has 0 saturated heterocycles. The molecule has 1 aliphatic rings. The topological polar surface area (TPSA) is 45.6 Å². The maximum absolute atomic E-state index is 4.79. The number of aromatic nitrogens is 3. The second kappa shape index (κ2) is 4.37. The second-order valence-corrected chi connectivity index (χ2v) is 4.55. The molecule has 3 rings (SSSR count). The van der Waals surface area contributed by atoms with Crippen LogP contribution >= 0.6 is 0 Å². The van der Waals surface area contributed by atoms with Gasteiger partial charge in [-0.15, -0.1) is 0 Å². The number of rotatable bonds is 3. The standard InChI is InChI=1S/C13H18N4/c1-14-9-11-12-6-2-3-8-17(12)13(16-11)10-5-4-7-15-10/h4-5,7,14-15H,2-3,6,8-9H2,1H3. The van der Waals surface area contributed by atoms with Gasteiger partial charge in [-0.2, -0.15) is 0 Å². The van der Waals surface area contributed by atoms with Gasteiger partial charge in [0.25, 0.3) is 0 Å². The lowest BCUT2D eigenvalue weighted by Crippen LogP contribution is -2.14. The molecule has 0 fully saturated rings. The molecule has 0 unspecified atom stereocenters. The Labute approximate surface area is 101 Å². The van der Waals surface area contributed by atoms with Crippen molar-refractivity contribution >= 4 is 0 Å². The van der Waals surface area contributed by atoms with Crippen molar-refractivity contribution in [2.45, 2.75) is 32.4 Å². The minimum Gasteiger partial charge on any atom is -0.359 e. The zero-order valence-corrected chi connectivity index (χ0v) is 10.2. The van der Waals surface area contributed by atoms with Crippen molar-refractivity contribution < 1.29 is 0 Å². The fourth-order valence-corrected chi connectivity index (χ4v) is 2.60. The molecule has 4 heteroatoms. The van der Waals surface area contributed by atoms with Gasteiger partial charge in [0.1, 0.15) is 0 Å². The number of nitrogens with one attached hydrogen (secondary N) is 2. The summed E-state index contributed by atoms with van der Waals surface area (Å²) in [5.41, 5.74) is 3.74. The number of imidazole rings is 1. The summed E-state index contributed by atoms with van der Waals surface area (Å²) in [5.74, 6) is 1.09. The normalized spacial score (nSPS) is 14.9. The number of fused-ring (bicyclic) bond motifs is 1. The van der Waals surface area contributed by atoms with Crippen LogP contribution in [0.25, 0.3) is 11.5 Å². The minimum atomic E-state index is 0.857. The molecule has 0 radical (unpaired) electrons. The van der Waals surface area contributed by atoms with Crippen LogP contribution in [0.2, 0.25) is 0 Å². The Kier molecular flexibility index (Phi) is 2.73. The average Bonchev–Trinajstić information content (AvgIpc) is 2.97. The van der Waals surface area contributed by atoms with E-state index in [-0.39, 0.29) is 0 Å². The maximum atomic E-state index is 4.79. The van der Waals surface area contributed by atoms with Crippen molar-refractivity contribution in [3.63, 3.8) is 0 Å². The molecule has 0 bridgehead atoms. The first-order valence-corrected chi connectivity index (χ1v) is 6.27. The lowest BCUT2D eigenvalue weighted by Gasteiger charge is -2.17. The molecule has 0 aliphatic carbocycles. The summed E-state index contributed by atoms with van der Waals surface area (Å²) in [7, 11) is 1.98. The fraction of sp³-hybridized carbons (Fsp3) is 0.462. The van der Waals surface area contributed by atoms with E-state index in [1.54, 1.807) is 0 Å². The largest absolute Gasteiger partial charge is 0.359 e. The van der Waals surface area contributed by atoms with Crippen LogP contribution < -0.4 is 5.32 Å². The summed E-state index contributed by atoms with van der Waals surface area (Å²) in [4.78, 5) is 8.05. The Morgan fingerprint density at radius 3 is 3.18 bits per heavy atom. The highest BCUT2D eigenvalue weighted by molar-refractivity contribution is 5.52. The van der Waals surface area contributed by atoms with Crippen LogP contribution in [0.3, 0.4) is 0 Å². The minimum absolute atomic E-state index is 0.857. The van der Waals surface area contributed by atoms with Crippen molar-refractivity contribution in [1.29, 1.82) is 0 Å². The Morgan fingerprint density at radius 2 is 2.41 bits per heavy atom. The first kappa shape index (κ1) is 10.6. The number of hydrogen-bond donors (Lipinski definition) is 2. The van der Waals surface area contributed by atoms with Crippen molar-refractivity contribution in [1.82, 2.24) is 19.9 Å². The molecule has 0 amide bonds. The van der Waals surface area contributed by atoms with E-state index >= 15 is 0 Å². The third kappa shape index (κ3) is 1.78. The molecule has 2 aromatic heterocycles. The second-order valence-electron chi connectivity index (χ2n) is 4.55. The Balaban J connectivity index is 2.09. The average molecular weight is 230 g/mol. The maximum Gasteiger partial charge on any atom is 0.157 e. The van der Waals surface area contributed by atoms with Gasteiger partial charge in [0.15, 0.2) is 5.82 Å². The number of H-pyrrole nitrogens is 1. The fourth-order valence-electron chi connectivity index (χ4n) is 2.60. The molecule has 2 N–H and O–H groups in total. The highest BCUT2D eigenvalue weighted by Crippen LogP contribution is 2.26. The molecule has 3 heterocycles. The van der Waals surface area contributed by atoms with Gasteiger partial charge in [-0.25, -0.2) is 4.98 Å². The van der Waals surface area contributed by atoms with Crippen LogP contribution in [0, 0.1) is 0 Å². The molecule has 0 saturated carbocycles. The quantitative estimate of drug-likeness (QED) is 0.846. The van der Waals surface area contributed by atoms with Gasteiger partial charge in [-0.3, -0.25) is 0 Å². The van der Waals surface area contributed by atoms with Gasteiger partial charge in [0.2, 0.25) is 0 Å². The number of aromatic amines is 1. The highest BCUT2D eigenvalue weighted by atomic mass is 15.1. The molecule has 17 heavy (non-hydrogen) atoms. The van der Waals surface area contributed by atoms with Crippen LogP contribution in [-0.4, -0.2) is 21.6 Å². The Morgan fingerprint density at radius 1 is 1.47 bits per heavy atom. The molecule has 90 valence electrons. The molecular weight excluding hydrogens is 212 g/mol. The lowest BCUT2D eigenvalue weighted by atomic mass is 10.1. The van der Waals surface area contributed by atoms with E-state index in [2.05, 4.69) is 20.9 Å².